The minimum Gasteiger partial charge on any atom is -0.345 e. The molecule has 0 radical (unpaired) electrons. The molecule has 1 aliphatic rings. The van der Waals surface area contributed by atoms with Gasteiger partial charge in [-0.15, -0.1) is 0 Å². The Morgan fingerprint density at radius 1 is 1.07 bits per heavy atom. The molecule has 8 heteroatoms. The van der Waals surface area contributed by atoms with Crippen LogP contribution in [0.25, 0.3) is 0 Å². The Morgan fingerprint density at radius 3 is 2.26 bits per heavy atom. The normalized spacial score (nSPS) is 15.4. The highest BCUT2D eigenvalue weighted by atomic mass is 35.5. The highest BCUT2D eigenvalue weighted by Crippen LogP contribution is 2.22. The molecule has 1 aromatic carbocycles. The number of halogens is 2. The lowest BCUT2D eigenvalue weighted by Gasteiger charge is -2.34. The minimum absolute atomic E-state index is 0.0671. The van der Waals surface area contributed by atoms with Crippen molar-refractivity contribution in [2.75, 3.05) is 26.2 Å². The average molecular weight is 414 g/mol. The van der Waals surface area contributed by atoms with E-state index >= 15 is 0 Å². The number of carbonyl (C=O) groups is 3. The summed E-state index contributed by atoms with van der Waals surface area (Å²) in [7, 11) is 0. The third kappa shape index (κ3) is 5.84. The van der Waals surface area contributed by atoms with Gasteiger partial charge in [-0.2, -0.15) is 0 Å². The molecule has 6 nitrogen and oxygen atoms in total. The van der Waals surface area contributed by atoms with Crippen LogP contribution in [0.3, 0.4) is 0 Å². The first-order valence-electron chi connectivity index (χ1n) is 9.17. The molecule has 0 saturated carbocycles. The summed E-state index contributed by atoms with van der Waals surface area (Å²) < 4.78 is 0. The quantitative estimate of drug-likeness (QED) is 0.753. The van der Waals surface area contributed by atoms with Gasteiger partial charge in [0.1, 0.15) is 0 Å². The Balaban J connectivity index is 1.90. The summed E-state index contributed by atoms with van der Waals surface area (Å²) in [6, 6.07) is 5.03. The molecular formula is C19H25Cl2N3O3. The molecule has 148 valence electrons. The maximum absolute atomic E-state index is 12.4. The zero-order chi connectivity index (χ0) is 20.0. The van der Waals surface area contributed by atoms with Crippen molar-refractivity contribution in [2.24, 2.45) is 0 Å². The zero-order valence-electron chi connectivity index (χ0n) is 15.6. The lowest BCUT2D eigenvalue weighted by molar-refractivity contribution is -0.148. The lowest BCUT2D eigenvalue weighted by Crippen LogP contribution is -2.54. The molecule has 2 rings (SSSR count). The molecule has 3 amide bonds. The third-order valence-corrected chi connectivity index (χ3v) is 5.31. The molecule has 1 atom stereocenters. The second kappa shape index (κ2) is 9.95. The Hall–Kier alpha value is -1.79. The average Bonchev–Trinajstić information content (AvgIpc) is 2.68. The van der Waals surface area contributed by atoms with E-state index in [4.69, 9.17) is 23.2 Å². The number of amides is 3. The summed E-state index contributed by atoms with van der Waals surface area (Å²) >= 11 is 12.1. The Bertz CT molecular complexity index is 703. The molecule has 0 bridgehead atoms. The number of piperazine rings is 1. The molecule has 1 heterocycles. The summed E-state index contributed by atoms with van der Waals surface area (Å²) in [4.78, 5) is 39.7. The summed E-state index contributed by atoms with van der Waals surface area (Å²) in [5.41, 5.74) is 0.868. The van der Waals surface area contributed by atoms with E-state index in [1.165, 1.54) is 4.90 Å². The number of nitrogens with one attached hydrogen (secondary N) is 1. The van der Waals surface area contributed by atoms with Gasteiger partial charge >= 0.3 is 11.8 Å². The van der Waals surface area contributed by atoms with Crippen LogP contribution in [0.15, 0.2) is 18.2 Å². The fourth-order valence-electron chi connectivity index (χ4n) is 3.02. The van der Waals surface area contributed by atoms with E-state index in [9.17, 15) is 14.4 Å². The molecule has 1 saturated heterocycles. The van der Waals surface area contributed by atoms with Crippen molar-refractivity contribution in [1.29, 1.82) is 0 Å². The van der Waals surface area contributed by atoms with E-state index in [0.717, 1.165) is 5.56 Å². The van der Waals surface area contributed by atoms with Crippen LogP contribution in [0.2, 0.25) is 10.0 Å². The van der Waals surface area contributed by atoms with Crippen LogP contribution >= 0.6 is 23.2 Å². The first-order valence-corrected chi connectivity index (χ1v) is 9.92. The van der Waals surface area contributed by atoms with Gasteiger partial charge in [-0.3, -0.25) is 14.4 Å². The van der Waals surface area contributed by atoms with Gasteiger partial charge in [-0.05, 0) is 30.5 Å². The zero-order valence-corrected chi connectivity index (χ0v) is 17.1. The van der Waals surface area contributed by atoms with Crippen LogP contribution in [0.4, 0.5) is 0 Å². The molecule has 1 aromatic rings. The number of hydrogen-bond acceptors (Lipinski definition) is 3. The number of carbonyl (C=O) groups excluding carboxylic acids is 3. The number of nitrogens with zero attached hydrogens (tertiary/aromatic N) is 2. The van der Waals surface area contributed by atoms with E-state index in [0.29, 0.717) is 55.5 Å². The van der Waals surface area contributed by atoms with E-state index in [2.05, 4.69) is 5.32 Å². The standard InChI is InChI=1S/C19H25Cl2N3O3/c1-3-15(11-13-5-6-14(20)12-16(13)21)22-18(26)19(27)24-9-7-23(8-10-24)17(25)4-2/h5-6,12,15H,3-4,7-11H2,1-2H3,(H,22,26). The Morgan fingerprint density at radius 2 is 1.70 bits per heavy atom. The van der Waals surface area contributed by atoms with Crippen molar-refractivity contribution < 1.29 is 14.4 Å². The Labute approximate surface area is 169 Å². The van der Waals surface area contributed by atoms with E-state index in [1.54, 1.807) is 17.0 Å². The van der Waals surface area contributed by atoms with Gasteiger partial charge in [0, 0.05) is 48.7 Å². The second-order valence-corrected chi connectivity index (χ2v) is 7.39. The number of hydrogen-bond donors (Lipinski definition) is 1. The SMILES string of the molecule is CCC(=O)N1CCN(C(=O)C(=O)NC(CC)Cc2ccc(Cl)cc2Cl)CC1. The molecule has 1 fully saturated rings. The largest absolute Gasteiger partial charge is 0.345 e. The molecule has 0 aliphatic carbocycles. The monoisotopic (exact) mass is 413 g/mol. The summed E-state index contributed by atoms with van der Waals surface area (Å²) in [6.45, 7) is 5.42. The number of rotatable bonds is 5. The topological polar surface area (TPSA) is 69.7 Å². The van der Waals surface area contributed by atoms with Crippen LogP contribution in [-0.4, -0.2) is 59.7 Å². The van der Waals surface area contributed by atoms with Crippen LogP contribution in [0, 0.1) is 0 Å². The first-order chi connectivity index (χ1) is 12.8. The van der Waals surface area contributed by atoms with E-state index in [1.807, 2.05) is 19.9 Å². The van der Waals surface area contributed by atoms with Crippen molar-refractivity contribution >= 4 is 40.9 Å². The maximum atomic E-state index is 12.4. The van der Waals surface area contributed by atoms with Gasteiger partial charge in [-0.25, -0.2) is 0 Å². The molecule has 1 unspecified atom stereocenters. The molecule has 1 N–H and O–H groups in total. The van der Waals surface area contributed by atoms with Gasteiger partial charge in [0.15, 0.2) is 0 Å². The van der Waals surface area contributed by atoms with Crippen LogP contribution < -0.4 is 5.32 Å². The van der Waals surface area contributed by atoms with Crippen LogP contribution in [0.5, 0.6) is 0 Å². The summed E-state index contributed by atoms with van der Waals surface area (Å²) in [5.74, 6) is -1.11. The number of benzene rings is 1. The van der Waals surface area contributed by atoms with Crippen molar-refractivity contribution in [1.82, 2.24) is 15.1 Å². The van der Waals surface area contributed by atoms with Gasteiger partial charge < -0.3 is 15.1 Å². The molecular weight excluding hydrogens is 389 g/mol. The minimum atomic E-state index is -0.623. The highest BCUT2D eigenvalue weighted by molar-refractivity contribution is 6.35. The fourth-order valence-corrected chi connectivity index (χ4v) is 3.51. The van der Waals surface area contributed by atoms with Gasteiger partial charge in [0.25, 0.3) is 0 Å². The summed E-state index contributed by atoms with van der Waals surface area (Å²) in [5, 5.41) is 3.89. The fraction of sp³-hybridized carbons (Fsp3) is 0.526. The predicted molar refractivity (Wildman–Crippen MR) is 106 cm³/mol. The molecule has 0 aromatic heterocycles. The van der Waals surface area contributed by atoms with Gasteiger partial charge in [0.2, 0.25) is 5.91 Å². The second-order valence-electron chi connectivity index (χ2n) is 6.55. The van der Waals surface area contributed by atoms with E-state index < -0.39 is 11.8 Å². The van der Waals surface area contributed by atoms with Crippen LogP contribution in [0.1, 0.15) is 32.3 Å². The van der Waals surface area contributed by atoms with Crippen LogP contribution in [-0.2, 0) is 20.8 Å². The Kier molecular flexibility index (Phi) is 7.92. The predicted octanol–water partition coefficient (Wildman–Crippen LogP) is 2.51. The lowest BCUT2D eigenvalue weighted by atomic mass is 10.0. The smallest absolute Gasteiger partial charge is 0.312 e. The van der Waals surface area contributed by atoms with Crippen molar-refractivity contribution in [3.05, 3.63) is 33.8 Å². The van der Waals surface area contributed by atoms with E-state index in [-0.39, 0.29) is 11.9 Å². The van der Waals surface area contributed by atoms with Crippen molar-refractivity contribution in [2.45, 2.75) is 39.2 Å². The molecule has 0 spiro atoms. The first kappa shape index (κ1) is 21.5. The van der Waals surface area contributed by atoms with Gasteiger partial charge in [-0.1, -0.05) is 43.1 Å². The molecule has 27 heavy (non-hydrogen) atoms. The highest BCUT2D eigenvalue weighted by Gasteiger charge is 2.28. The van der Waals surface area contributed by atoms with Crippen molar-refractivity contribution in [3.63, 3.8) is 0 Å². The summed E-state index contributed by atoms with van der Waals surface area (Å²) in [6.07, 6.45) is 1.63. The molecule has 1 aliphatic heterocycles. The van der Waals surface area contributed by atoms with Gasteiger partial charge in [0.05, 0.1) is 0 Å². The third-order valence-electron chi connectivity index (χ3n) is 4.73. The maximum Gasteiger partial charge on any atom is 0.312 e. The van der Waals surface area contributed by atoms with Crippen molar-refractivity contribution in [3.8, 4) is 0 Å².